The van der Waals surface area contributed by atoms with Crippen molar-refractivity contribution in [2.45, 2.75) is 13.0 Å². The molecule has 0 bridgehead atoms. The summed E-state index contributed by atoms with van der Waals surface area (Å²) >= 11 is 0. The Morgan fingerprint density at radius 2 is 2.30 bits per heavy atom. The summed E-state index contributed by atoms with van der Waals surface area (Å²) in [5.74, 6) is 0. The fraction of sp³-hybridized carbons (Fsp3) is 0.250. The summed E-state index contributed by atoms with van der Waals surface area (Å²) in [4.78, 5) is 0. The largest absolute Gasteiger partial charge is 0.405 e. The Morgan fingerprint density at radius 1 is 1.70 bits per heavy atom. The Labute approximate surface area is 61.4 Å². The third kappa shape index (κ3) is 3.10. The summed E-state index contributed by atoms with van der Waals surface area (Å²) in [6.45, 7) is 5.18. The molecule has 56 valence electrons. The van der Waals surface area contributed by atoms with Crippen molar-refractivity contribution in [2.75, 3.05) is 0 Å². The molecule has 0 heterocycles. The van der Waals surface area contributed by atoms with Gasteiger partial charge in [0.05, 0.1) is 6.10 Å². The van der Waals surface area contributed by atoms with Gasteiger partial charge >= 0.3 is 0 Å². The van der Waals surface area contributed by atoms with E-state index in [0.29, 0.717) is 0 Å². The Balaban J connectivity index is 4.25. The van der Waals surface area contributed by atoms with Gasteiger partial charge in [-0.15, -0.1) is 0 Å². The quantitative estimate of drug-likeness (QED) is 0.572. The first-order chi connectivity index (χ1) is 4.72. The van der Waals surface area contributed by atoms with Gasteiger partial charge in [0.2, 0.25) is 0 Å². The first kappa shape index (κ1) is 8.98. The van der Waals surface area contributed by atoms with Crippen LogP contribution in [0.25, 0.3) is 0 Å². The summed E-state index contributed by atoms with van der Waals surface area (Å²) in [5, 5.41) is 9.05. The fourth-order valence-corrected chi connectivity index (χ4v) is 0.581. The second-order valence-electron chi connectivity index (χ2n) is 1.94. The number of hydrogen-bond acceptors (Lipinski definition) is 2. The van der Waals surface area contributed by atoms with Crippen LogP contribution in [0.4, 0.5) is 0 Å². The molecule has 10 heavy (non-hydrogen) atoms. The van der Waals surface area contributed by atoms with Crippen molar-refractivity contribution in [3.05, 3.63) is 36.6 Å². The van der Waals surface area contributed by atoms with Gasteiger partial charge in [-0.05, 0) is 24.8 Å². The number of rotatable bonds is 3. The summed E-state index contributed by atoms with van der Waals surface area (Å²) in [6.07, 6.45) is 5.88. The molecule has 2 nitrogen and oxygen atoms in total. The molecule has 0 aromatic carbocycles. The molecule has 0 amide bonds. The molecule has 0 aliphatic heterocycles. The zero-order valence-corrected chi connectivity index (χ0v) is 6.12. The van der Waals surface area contributed by atoms with Gasteiger partial charge in [-0.1, -0.05) is 18.7 Å². The molecule has 0 aliphatic carbocycles. The number of hydrogen-bond donors (Lipinski definition) is 2. The van der Waals surface area contributed by atoms with Crippen LogP contribution in [0.5, 0.6) is 0 Å². The fourth-order valence-electron chi connectivity index (χ4n) is 0.581. The van der Waals surface area contributed by atoms with Crippen molar-refractivity contribution in [3.63, 3.8) is 0 Å². The molecule has 0 spiro atoms. The highest BCUT2D eigenvalue weighted by Crippen LogP contribution is 2.02. The minimum Gasteiger partial charge on any atom is -0.405 e. The van der Waals surface area contributed by atoms with Crippen LogP contribution < -0.4 is 5.73 Å². The van der Waals surface area contributed by atoms with Crippen LogP contribution >= 0.6 is 0 Å². The molecule has 0 fully saturated rings. The maximum absolute atomic E-state index is 9.05. The van der Waals surface area contributed by atoms with E-state index in [0.717, 1.165) is 5.57 Å². The van der Waals surface area contributed by atoms with E-state index in [1.54, 1.807) is 25.2 Å². The molecule has 3 N–H and O–H groups in total. The normalized spacial score (nSPS) is 15.6. The Hall–Kier alpha value is -1.02. The second-order valence-corrected chi connectivity index (χ2v) is 1.94. The zero-order chi connectivity index (χ0) is 7.98. The van der Waals surface area contributed by atoms with E-state index in [4.69, 9.17) is 10.8 Å². The maximum Gasteiger partial charge on any atom is 0.0762 e. The Kier molecular flexibility index (Phi) is 4.33. The SMILES string of the molecule is C=C/C=C(\C=C/N)C(C)O. The van der Waals surface area contributed by atoms with Crippen molar-refractivity contribution in [1.29, 1.82) is 0 Å². The van der Waals surface area contributed by atoms with Gasteiger partial charge in [-0.2, -0.15) is 0 Å². The van der Waals surface area contributed by atoms with Crippen LogP contribution in [-0.2, 0) is 0 Å². The average Bonchev–Trinajstić information content (AvgIpc) is 1.87. The van der Waals surface area contributed by atoms with E-state index in [1.165, 1.54) is 6.20 Å². The predicted octanol–water partition coefficient (Wildman–Crippen LogP) is 0.952. The molecule has 0 rings (SSSR count). The lowest BCUT2D eigenvalue weighted by Crippen LogP contribution is -2.02. The van der Waals surface area contributed by atoms with E-state index < -0.39 is 6.10 Å². The van der Waals surface area contributed by atoms with Gasteiger partial charge in [0.25, 0.3) is 0 Å². The second kappa shape index (κ2) is 4.82. The van der Waals surface area contributed by atoms with Crippen molar-refractivity contribution in [2.24, 2.45) is 5.73 Å². The highest BCUT2D eigenvalue weighted by molar-refractivity contribution is 5.25. The van der Waals surface area contributed by atoms with Crippen molar-refractivity contribution in [3.8, 4) is 0 Å². The molecule has 0 saturated heterocycles. The minimum atomic E-state index is -0.488. The van der Waals surface area contributed by atoms with E-state index in [-0.39, 0.29) is 0 Å². The maximum atomic E-state index is 9.05. The smallest absolute Gasteiger partial charge is 0.0762 e. The van der Waals surface area contributed by atoms with Crippen LogP contribution in [0.2, 0.25) is 0 Å². The highest BCUT2D eigenvalue weighted by atomic mass is 16.3. The van der Waals surface area contributed by atoms with Crippen LogP contribution in [-0.4, -0.2) is 11.2 Å². The van der Waals surface area contributed by atoms with Crippen molar-refractivity contribution < 1.29 is 5.11 Å². The van der Waals surface area contributed by atoms with Crippen LogP contribution in [0, 0.1) is 0 Å². The van der Waals surface area contributed by atoms with E-state index >= 15 is 0 Å². The van der Waals surface area contributed by atoms with Crippen molar-refractivity contribution >= 4 is 0 Å². The molecule has 0 aromatic rings. The van der Waals surface area contributed by atoms with Crippen molar-refractivity contribution in [1.82, 2.24) is 0 Å². The highest BCUT2D eigenvalue weighted by Gasteiger charge is 1.97. The van der Waals surface area contributed by atoms with E-state index in [9.17, 15) is 0 Å². The van der Waals surface area contributed by atoms with Gasteiger partial charge in [0, 0.05) is 0 Å². The molecule has 0 aromatic heterocycles. The molecule has 0 aliphatic rings. The number of aliphatic hydroxyl groups is 1. The lowest BCUT2D eigenvalue weighted by Gasteiger charge is -2.02. The minimum absolute atomic E-state index is 0.488. The zero-order valence-electron chi connectivity index (χ0n) is 6.12. The van der Waals surface area contributed by atoms with Gasteiger partial charge in [-0.3, -0.25) is 0 Å². The summed E-state index contributed by atoms with van der Waals surface area (Å²) in [7, 11) is 0. The molecular weight excluding hydrogens is 126 g/mol. The van der Waals surface area contributed by atoms with Gasteiger partial charge in [0.1, 0.15) is 0 Å². The molecule has 1 unspecified atom stereocenters. The first-order valence-corrected chi connectivity index (χ1v) is 3.11. The molecule has 0 saturated carbocycles. The lowest BCUT2D eigenvalue weighted by molar-refractivity contribution is 0.235. The molecule has 2 heteroatoms. The third-order valence-electron chi connectivity index (χ3n) is 1.08. The van der Waals surface area contributed by atoms with E-state index in [2.05, 4.69) is 6.58 Å². The van der Waals surface area contributed by atoms with Crippen LogP contribution in [0.1, 0.15) is 6.92 Å². The standard InChI is InChI=1S/C8H13NO/c1-3-4-8(5-6-9)7(2)10/h3-7,10H,1,9H2,2H3/b6-5-,8-4+. The topological polar surface area (TPSA) is 46.2 Å². The van der Waals surface area contributed by atoms with Gasteiger partial charge in [-0.25, -0.2) is 0 Å². The first-order valence-electron chi connectivity index (χ1n) is 3.11. The number of allylic oxidation sites excluding steroid dienone is 2. The summed E-state index contributed by atoms with van der Waals surface area (Å²) in [6, 6.07) is 0. The summed E-state index contributed by atoms with van der Waals surface area (Å²) in [5.41, 5.74) is 5.89. The molecule has 1 atom stereocenters. The van der Waals surface area contributed by atoms with E-state index in [1.807, 2.05) is 0 Å². The summed E-state index contributed by atoms with van der Waals surface area (Å²) < 4.78 is 0. The number of aliphatic hydroxyl groups excluding tert-OH is 1. The Morgan fingerprint density at radius 3 is 2.60 bits per heavy atom. The van der Waals surface area contributed by atoms with Gasteiger partial charge < -0.3 is 10.8 Å². The molecular formula is C8H13NO. The predicted molar refractivity (Wildman–Crippen MR) is 43.3 cm³/mol. The third-order valence-corrected chi connectivity index (χ3v) is 1.08. The Bertz CT molecular complexity index is 157. The number of nitrogens with two attached hydrogens (primary N) is 1. The van der Waals surface area contributed by atoms with Gasteiger partial charge in [0.15, 0.2) is 0 Å². The molecule has 0 radical (unpaired) electrons. The van der Waals surface area contributed by atoms with Crippen LogP contribution in [0.3, 0.4) is 0 Å². The van der Waals surface area contributed by atoms with Crippen LogP contribution in [0.15, 0.2) is 36.6 Å². The monoisotopic (exact) mass is 139 g/mol. The lowest BCUT2D eigenvalue weighted by atomic mass is 10.1. The average molecular weight is 139 g/mol.